The average molecular weight is 339 g/mol. The quantitative estimate of drug-likeness (QED) is 0.419. The monoisotopic (exact) mass is 339 g/mol. The molecule has 0 bridgehead atoms. The van der Waals surface area contributed by atoms with E-state index < -0.39 is 47.6 Å². The van der Waals surface area contributed by atoms with Crippen molar-refractivity contribution >= 4 is 5.69 Å². The Kier molecular flexibility index (Phi) is 5.24. The number of anilines is 1. The molecule has 10 heteroatoms. The van der Waals surface area contributed by atoms with E-state index in [2.05, 4.69) is 0 Å². The highest BCUT2D eigenvalue weighted by Crippen LogP contribution is 2.47. The zero-order valence-electron chi connectivity index (χ0n) is 11.0. The van der Waals surface area contributed by atoms with Gasteiger partial charge in [0.25, 0.3) is 0 Å². The summed E-state index contributed by atoms with van der Waals surface area (Å²) < 4.78 is 117. The van der Waals surface area contributed by atoms with E-state index in [4.69, 9.17) is 0 Å². The van der Waals surface area contributed by atoms with Crippen LogP contribution >= 0.6 is 0 Å². The summed E-state index contributed by atoms with van der Waals surface area (Å²) >= 11 is 0. The first-order valence-corrected chi connectivity index (χ1v) is 5.92. The summed E-state index contributed by atoms with van der Waals surface area (Å²) in [5.74, 6) is -13.1. The maximum absolute atomic E-state index is 13.9. The van der Waals surface area contributed by atoms with Gasteiger partial charge in [-0.2, -0.15) is 22.0 Å². The Morgan fingerprint density at radius 3 is 1.95 bits per heavy atom. The van der Waals surface area contributed by atoms with E-state index in [0.717, 1.165) is 0 Å². The lowest BCUT2D eigenvalue weighted by Crippen LogP contribution is -2.37. The van der Waals surface area contributed by atoms with E-state index in [9.17, 15) is 39.5 Å². The van der Waals surface area contributed by atoms with Crippen LogP contribution in [0.2, 0.25) is 0 Å². The molecule has 0 heterocycles. The molecule has 0 amide bonds. The van der Waals surface area contributed by atoms with Crippen LogP contribution in [0.1, 0.15) is 18.9 Å². The van der Waals surface area contributed by atoms with Crippen molar-refractivity contribution in [2.75, 3.05) is 18.2 Å². The minimum Gasteiger partial charge on any atom is -0.342 e. The Morgan fingerprint density at radius 2 is 1.55 bits per heavy atom. The van der Waals surface area contributed by atoms with Crippen LogP contribution in [-0.4, -0.2) is 19.5 Å². The lowest BCUT2D eigenvalue weighted by Gasteiger charge is -2.26. The fraction of sp³-hybridized carbons (Fsp3) is 0.500. The highest BCUT2D eigenvalue weighted by molar-refractivity contribution is 5.52. The summed E-state index contributed by atoms with van der Waals surface area (Å²) in [5.41, 5.74) is -3.99. The van der Waals surface area contributed by atoms with Gasteiger partial charge in [0.1, 0.15) is 5.56 Å². The number of benzene rings is 1. The van der Waals surface area contributed by atoms with Gasteiger partial charge in [0.05, 0.1) is 5.69 Å². The minimum absolute atomic E-state index is 0.0376. The van der Waals surface area contributed by atoms with Crippen molar-refractivity contribution in [2.45, 2.75) is 25.4 Å². The van der Waals surface area contributed by atoms with Crippen LogP contribution in [0.3, 0.4) is 0 Å². The molecule has 0 aliphatic rings. The first-order valence-electron chi connectivity index (χ1n) is 5.92. The van der Waals surface area contributed by atoms with Crippen LogP contribution in [0.4, 0.5) is 45.2 Å². The van der Waals surface area contributed by atoms with Gasteiger partial charge in [-0.05, 0) is 6.42 Å². The summed E-state index contributed by atoms with van der Waals surface area (Å²) in [7, 11) is 0. The van der Waals surface area contributed by atoms with E-state index in [1.165, 1.54) is 6.92 Å². The van der Waals surface area contributed by atoms with Gasteiger partial charge in [0.15, 0.2) is 24.3 Å². The fourth-order valence-electron chi connectivity index (χ4n) is 1.75. The summed E-state index contributed by atoms with van der Waals surface area (Å²) in [5, 5.41) is 0. The minimum atomic E-state index is -6.34. The molecule has 0 unspecified atom stereocenters. The second-order valence-corrected chi connectivity index (χ2v) is 4.34. The summed E-state index contributed by atoms with van der Waals surface area (Å²) in [6.07, 6.45) is -6.18. The van der Waals surface area contributed by atoms with Crippen LogP contribution in [0, 0.1) is 17.5 Å². The molecule has 0 radical (unpaired) electrons. The molecule has 126 valence electrons. The molecule has 0 spiro atoms. The zero-order valence-corrected chi connectivity index (χ0v) is 11.0. The molecular weight excluding hydrogens is 329 g/mol. The Labute approximate surface area is 119 Å². The summed E-state index contributed by atoms with van der Waals surface area (Å²) in [6, 6.07) is 0.0376. The van der Waals surface area contributed by atoms with Gasteiger partial charge in [-0.25, -0.2) is 17.6 Å². The van der Waals surface area contributed by atoms with Gasteiger partial charge >= 0.3 is 12.1 Å². The molecule has 0 aliphatic heterocycles. The summed E-state index contributed by atoms with van der Waals surface area (Å²) in [4.78, 5) is 0.383. The van der Waals surface area contributed by atoms with E-state index >= 15 is 0 Å². The Bertz CT molecular complexity index is 538. The number of nitrogens with zero attached hydrogens (tertiary/aromatic N) is 1. The van der Waals surface area contributed by atoms with Crippen molar-refractivity contribution in [3.05, 3.63) is 29.1 Å². The highest BCUT2D eigenvalue weighted by Gasteiger charge is 2.62. The second kappa shape index (κ2) is 6.25. The fourth-order valence-corrected chi connectivity index (χ4v) is 1.75. The van der Waals surface area contributed by atoms with Crippen molar-refractivity contribution in [1.29, 1.82) is 0 Å². The van der Waals surface area contributed by atoms with Crippen LogP contribution in [0.25, 0.3) is 0 Å². The van der Waals surface area contributed by atoms with E-state index in [-0.39, 0.29) is 19.0 Å². The van der Waals surface area contributed by atoms with E-state index in [1.807, 2.05) is 0 Å². The first kappa shape index (κ1) is 18.4. The van der Waals surface area contributed by atoms with Crippen molar-refractivity contribution in [1.82, 2.24) is 0 Å². The number of hydrogen-bond donors (Lipinski definition) is 0. The largest absolute Gasteiger partial charge is 0.458 e. The number of alkyl halides is 6. The standard InChI is InChI=1S/C12H10F9N/c1-2-3-22(5-13)7-4-6(14)9(15)8(10(7)16)11(17,18)12(19,20)21/h4H,2-3,5H2,1H3. The lowest BCUT2D eigenvalue weighted by atomic mass is 10.0. The molecule has 1 aromatic carbocycles. The molecule has 0 atom stereocenters. The average Bonchev–Trinajstić information content (AvgIpc) is 2.39. The third kappa shape index (κ3) is 3.09. The van der Waals surface area contributed by atoms with Crippen molar-refractivity contribution < 1.29 is 39.5 Å². The predicted molar refractivity (Wildman–Crippen MR) is 59.9 cm³/mol. The van der Waals surface area contributed by atoms with Crippen molar-refractivity contribution in [2.24, 2.45) is 0 Å². The van der Waals surface area contributed by atoms with Gasteiger partial charge in [0, 0.05) is 12.6 Å². The lowest BCUT2D eigenvalue weighted by molar-refractivity contribution is -0.291. The molecule has 1 rings (SSSR count). The predicted octanol–water partition coefficient (Wildman–Crippen LogP) is 4.90. The highest BCUT2D eigenvalue weighted by atomic mass is 19.4. The molecular formula is C12H10F9N. The number of hydrogen-bond acceptors (Lipinski definition) is 1. The van der Waals surface area contributed by atoms with Crippen molar-refractivity contribution in [3.63, 3.8) is 0 Å². The Balaban J connectivity index is 3.63. The molecule has 0 fully saturated rings. The van der Waals surface area contributed by atoms with Gasteiger partial charge < -0.3 is 4.90 Å². The maximum atomic E-state index is 13.9. The molecule has 0 aromatic heterocycles. The maximum Gasteiger partial charge on any atom is 0.458 e. The Morgan fingerprint density at radius 1 is 1.00 bits per heavy atom. The number of rotatable bonds is 5. The molecule has 0 saturated carbocycles. The van der Waals surface area contributed by atoms with Gasteiger partial charge in [0.2, 0.25) is 0 Å². The third-order valence-electron chi connectivity index (χ3n) is 2.79. The van der Waals surface area contributed by atoms with Crippen LogP contribution < -0.4 is 4.90 Å². The molecule has 1 nitrogen and oxygen atoms in total. The molecule has 1 aromatic rings. The van der Waals surface area contributed by atoms with Crippen LogP contribution in [-0.2, 0) is 5.92 Å². The first-order chi connectivity index (χ1) is 9.98. The molecule has 0 aliphatic carbocycles. The Hall–Kier alpha value is -1.61. The van der Waals surface area contributed by atoms with Crippen LogP contribution in [0.15, 0.2) is 6.07 Å². The van der Waals surface area contributed by atoms with Crippen LogP contribution in [0.5, 0.6) is 0 Å². The molecule has 0 N–H and O–H groups in total. The smallest absolute Gasteiger partial charge is 0.342 e. The molecule has 0 saturated heterocycles. The van der Waals surface area contributed by atoms with Gasteiger partial charge in [-0.3, -0.25) is 0 Å². The summed E-state index contributed by atoms with van der Waals surface area (Å²) in [6.45, 7) is -0.298. The van der Waals surface area contributed by atoms with Gasteiger partial charge in [-0.1, -0.05) is 6.92 Å². The SMILES string of the molecule is CCCN(CF)c1cc(F)c(F)c(C(F)(F)C(F)(F)F)c1F. The molecule has 22 heavy (non-hydrogen) atoms. The second-order valence-electron chi connectivity index (χ2n) is 4.34. The van der Waals surface area contributed by atoms with E-state index in [1.54, 1.807) is 0 Å². The van der Waals surface area contributed by atoms with Gasteiger partial charge in [-0.15, -0.1) is 0 Å². The topological polar surface area (TPSA) is 3.24 Å². The van der Waals surface area contributed by atoms with E-state index in [0.29, 0.717) is 4.90 Å². The third-order valence-corrected chi connectivity index (χ3v) is 2.79. The normalized spacial score (nSPS) is 12.6. The van der Waals surface area contributed by atoms with Crippen molar-refractivity contribution in [3.8, 4) is 0 Å². The zero-order chi connectivity index (χ0) is 17.3. The number of halogens is 9.